The number of halogens is 3. The van der Waals surface area contributed by atoms with Crippen molar-refractivity contribution in [3.8, 4) is 5.75 Å². The summed E-state index contributed by atoms with van der Waals surface area (Å²) in [5.41, 5.74) is -1.24. The summed E-state index contributed by atoms with van der Waals surface area (Å²) in [4.78, 5) is 24.9. The number of amides is 1. The van der Waals surface area contributed by atoms with E-state index in [4.69, 9.17) is 20.8 Å². The predicted octanol–water partition coefficient (Wildman–Crippen LogP) is 3.59. The third kappa shape index (κ3) is 4.70. The molecule has 0 fully saturated rings. The Bertz CT molecular complexity index is 1440. The van der Waals surface area contributed by atoms with Crippen LogP contribution in [0.15, 0.2) is 38.4 Å². The highest BCUT2D eigenvalue weighted by Crippen LogP contribution is 2.33. The molecule has 1 aromatic heterocycles. The SMILES string of the molecule is CNS(=O)(=O)c1ccc(F)c(Cc2c(C)c3cc(Cl)c(OC(=O)N(C)C)cc3oc2=O)c1F. The van der Waals surface area contributed by atoms with Crippen LogP contribution in [0.1, 0.15) is 16.7 Å². The normalized spacial score (nSPS) is 11.6. The van der Waals surface area contributed by atoms with E-state index in [9.17, 15) is 26.8 Å². The molecule has 0 unspecified atom stereocenters. The maximum absolute atomic E-state index is 14.9. The molecule has 2 aromatic carbocycles. The fraction of sp³-hybridized carbons (Fsp3) is 0.238. The van der Waals surface area contributed by atoms with Crippen molar-refractivity contribution in [2.45, 2.75) is 18.2 Å². The number of sulfonamides is 1. The molecule has 0 spiro atoms. The minimum atomic E-state index is -4.20. The van der Waals surface area contributed by atoms with Crippen LogP contribution in [0.3, 0.4) is 0 Å². The van der Waals surface area contributed by atoms with Gasteiger partial charge in [0.2, 0.25) is 10.0 Å². The van der Waals surface area contributed by atoms with Crippen molar-refractivity contribution >= 4 is 38.7 Å². The molecule has 1 amide bonds. The van der Waals surface area contributed by atoms with Gasteiger partial charge in [-0.3, -0.25) is 0 Å². The molecule has 0 aliphatic heterocycles. The third-order valence-electron chi connectivity index (χ3n) is 4.96. The number of rotatable bonds is 5. The van der Waals surface area contributed by atoms with Crippen molar-refractivity contribution < 1.29 is 31.1 Å². The van der Waals surface area contributed by atoms with Crippen molar-refractivity contribution in [2.75, 3.05) is 21.1 Å². The van der Waals surface area contributed by atoms with Gasteiger partial charge in [0.05, 0.1) is 5.02 Å². The first-order chi connectivity index (χ1) is 15.4. The van der Waals surface area contributed by atoms with Gasteiger partial charge in [-0.25, -0.2) is 31.5 Å². The number of carbonyl (C=O) groups is 1. The number of hydrogen-bond acceptors (Lipinski definition) is 6. The molecular formula is C21H19ClF2N2O6S. The average molecular weight is 501 g/mol. The van der Waals surface area contributed by atoms with E-state index in [1.807, 2.05) is 4.72 Å². The lowest BCUT2D eigenvalue weighted by Crippen LogP contribution is -2.25. The summed E-state index contributed by atoms with van der Waals surface area (Å²) in [7, 11) is -0.156. The van der Waals surface area contributed by atoms with E-state index >= 15 is 0 Å². The molecule has 0 radical (unpaired) electrons. The summed E-state index contributed by atoms with van der Waals surface area (Å²) < 4.78 is 65.8. The van der Waals surface area contributed by atoms with Crippen LogP contribution in [0.25, 0.3) is 11.0 Å². The van der Waals surface area contributed by atoms with Crippen LogP contribution in [0.5, 0.6) is 5.75 Å². The van der Waals surface area contributed by atoms with Crippen LogP contribution in [0.4, 0.5) is 13.6 Å². The standard InChI is InChI=1S/C21H19ClF2N2O6S/c1-10-11-8-14(22)17(32-21(28)26(3)4)9-16(11)31-20(27)12(10)7-13-15(23)5-6-18(19(13)24)33(29,30)25-2/h5-6,8-9,25H,7H2,1-4H3. The largest absolute Gasteiger partial charge is 0.422 e. The number of benzene rings is 2. The first kappa shape index (κ1) is 24.6. The van der Waals surface area contributed by atoms with Gasteiger partial charge in [-0.1, -0.05) is 11.6 Å². The Kier molecular flexibility index (Phi) is 6.78. The molecule has 33 heavy (non-hydrogen) atoms. The molecule has 0 saturated heterocycles. The van der Waals surface area contributed by atoms with Gasteiger partial charge in [0.25, 0.3) is 0 Å². The van der Waals surface area contributed by atoms with E-state index < -0.39 is 50.3 Å². The average Bonchev–Trinajstić information content (AvgIpc) is 2.74. The van der Waals surface area contributed by atoms with E-state index in [1.165, 1.54) is 38.1 Å². The van der Waals surface area contributed by atoms with Gasteiger partial charge in [0, 0.05) is 43.1 Å². The van der Waals surface area contributed by atoms with E-state index in [1.54, 1.807) is 0 Å². The van der Waals surface area contributed by atoms with Gasteiger partial charge in [-0.2, -0.15) is 0 Å². The molecule has 0 aliphatic carbocycles. The Hall–Kier alpha value is -3.02. The van der Waals surface area contributed by atoms with Crippen LogP contribution in [0, 0.1) is 18.6 Å². The highest BCUT2D eigenvalue weighted by atomic mass is 35.5. The molecule has 0 aliphatic rings. The van der Waals surface area contributed by atoms with Crippen LogP contribution >= 0.6 is 11.6 Å². The minimum Gasteiger partial charge on any atom is -0.422 e. The number of ether oxygens (including phenoxy) is 1. The maximum Gasteiger partial charge on any atom is 0.414 e. The highest BCUT2D eigenvalue weighted by molar-refractivity contribution is 7.89. The van der Waals surface area contributed by atoms with Gasteiger partial charge < -0.3 is 14.1 Å². The van der Waals surface area contributed by atoms with Gasteiger partial charge in [-0.15, -0.1) is 0 Å². The lowest BCUT2D eigenvalue weighted by molar-refractivity contribution is 0.172. The molecule has 1 N–H and O–H groups in total. The molecule has 3 aromatic rings. The lowest BCUT2D eigenvalue weighted by atomic mass is 9.99. The maximum atomic E-state index is 14.9. The number of aryl methyl sites for hydroxylation is 1. The van der Waals surface area contributed by atoms with Crippen LogP contribution in [0.2, 0.25) is 5.02 Å². The number of nitrogens with one attached hydrogen (secondary N) is 1. The summed E-state index contributed by atoms with van der Waals surface area (Å²) >= 11 is 6.20. The Balaban J connectivity index is 2.14. The van der Waals surface area contributed by atoms with E-state index in [0.717, 1.165) is 19.2 Å². The van der Waals surface area contributed by atoms with Crippen molar-refractivity contribution in [2.24, 2.45) is 0 Å². The number of fused-ring (bicyclic) bond motifs is 1. The molecule has 8 nitrogen and oxygen atoms in total. The van der Waals surface area contributed by atoms with Crippen molar-refractivity contribution in [3.05, 3.63) is 68.0 Å². The zero-order chi connectivity index (χ0) is 24.7. The van der Waals surface area contributed by atoms with E-state index in [-0.39, 0.29) is 21.9 Å². The zero-order valence-corrected chi connectivity index (χ0v) is 19.5. The summed E-state index contributed by atoms with van der Waals surface area (Å²) in [5, 5.41) is 0.388. The number of hydrogen-bond donors (Lipinski definition) is 1. The second-order valence-corrected chi connectivity index (χ2v) is 9.52. The molecule has 12 heteroatoms. The Labute approximate surface area is 192 Å². The molecule has 1 heterocycles. The smallest absolute Gasteiger partial charge is 0.414 e. The van der Waals surface area contributed by atoms with Gasteiger partial charge in [-0.05, 0) is 37.7 Å². The lowest BCUT2D eigenvalue weighted by Gasteiger charge is -2.14. The van der Waals surface area contributed by atoms with Crippen molar-refractivity contribution in [3.63, 3.8) is 0 Å². The number of nitrogens with zero attached hydrogens (tertiary/aromatic N) is 1. The molecule has 3 rings (SSSR count). The van der Waals surface area contributed by atoms with Crippen LogP contribution in [-0.4, -0.2) is 40.6 Å². The van der Waals surface area contributed by atoms with E-state index in [0.29, 0.717) is 10.9 Å². The van der Waals surface area contributed by atoms with Gasteiger partial charge in [0.15, 0.2) is 5.75 Å². The first-order valence-corrected chi connectivity index (χ1v) is 11.3. The zero-order valence-electron chi connectivity index (χ0n) is 18.0. The van der Waals surface area contributed by atoms with E-state index in [2.05, 4.69) is 0 Å². The summed E-state index contributed by atoms with van der Waals surface area (Å²) in [6.07, 6.45) is -1.27. The van der Waals surface area contributed by atoms with Crippen molar-refractivity contribution in [1.82, 2.24) is 9.62 Å². The minimum absolute atomic E-state index is 0.0414. The summed E-state index contributed by atoms with van der Waals surface area (Å²) in [5.74, 6) is -2.38. The number of carbonyl (C=O) groups excluding carboxylic acids is 1. The summed E-state index contributed by atoms with van der Waals surface area (Å²) in [6.45, 7) is 1.53. The predicted molar refractivity (Wildman–Crippen MR) is 117 cm³/mol. The third-order valence-corrected chi connectivity index (χ3v) is 6.69. The topological polar surface area (TPSA) is 106 Å². The first-order valence-electron chi connectivity index (χ1n) is 9.42. The molecular weight excluding hydrogens is 482 g/mol. The van der Waals surface area contributed by atoms with Gasteiger partial charge >= 0.3 is 11.7 Å². The fourth-order valence-corrected chi connectivity index (χ4v) is 4.12. The Morgan fingerprint density at radius 2 is 1.88 bits per heavy atom. The van der Waals surface area contributed by atoms with Gasteiger partial charge in [0.1, 0.15) is 22.1 Å². The second-order valence-electron chi connectivity index (χ2n) is 7.26. The monoisotopic (exact) mass is 500 g/mol. The fourth-order valence-electron chi connectivity index (χ4n) is 3.09. The van der Waals surface area contributed by atoms with Crippen LogP contribution in [-0.2, 0) is 16.4 Å². The second kappa shape index (κ2) is 9.08. The highest BCUT2D eigenvalue weighted by Gasteiger charge is 2.25. The summed E-state index contributed by atoms with van der Waals surface area (Å²) in [6, 6.07) is 4.26. The Morgan fingerprint density at radius 3 is 2.48 bits per heavy atom. The molecule has 176 valence electrons. The Morgan fingerprint density at radius 1 is 1.21 bits per heavy atom. The molecule has 0 bridgehead atoms. The molecule has 0 saturated carbocycles. The molecule has 0 atom stereocenters. The van der Waals surface area contributed by atoms with Crippen molar-refractivity contribution in [1.29, 1.82) is 0 Å². The quantitative estimate of drug-likeness (QED) is 0.537. The van der Waals surface area contributed by atoms with Crippen LogP contribution < -0.4 is 15.1 Å².